The molecule has 1 atom stereocenters. The fraction of sp³-hybridized carbons (Fsp3) is 0.360. The molecule has 0 saturated heterocycles. The lowest BCUT2D eigenvalue weighted by Gasteiger charge is -2.36. The second kappa shape index (κ2) is 11.5. The molecule has 1 unspecified atom stereocenters. The van der Waals surface area contributed by atoms with Gasteiger partial charge in [0, 0.05) is 6.42 Å². The van der Waals surface area contributed by atoms with Crippen LogP contribution in [0.4, 0.5) is 0 Å². The van der Waals surface area contributed by atoms with Gasteiger partial charge in [0.1, 0.15) is 8.07 Å². The maximum absolute atomic E-state index is 12.7. The molecule has 5 heteroatoms. The molecule has 0 bridgehead atoms. The van der Waals surface area contributed by atoms with Gasteiger partial charge in [0.25, 0.3) is 0 Å². The number of hydrogen-bond donors (Lipinski definition) is 0. The van der Waals surface area contributed by atoms with Gasteiger partial charge in [-0.15, -0.1) is 0 Å². The Labute approximate surface area is 180 Å². The lowest BCUT2D eigenvalue weighted by atomic mass is 10.1. The van der Waals surface area contributed by atoms with E-state index in [0.29, 0.717) is 12.5 Å². The Morgan fingerprint density at radius 2 is 1.47 bits per heavy atom. The van der Waals surface area contributed by atoms with Crippen LogP contribution in [0.15, 0.2) is 72.3 Å². The quantitative estimate of drug-likeness (QED) is 0.329. The second-order valence-electron chi connectivity index (χ2n) is 7.66. The second-order valence-corrected chi connectivity index (χ2v) is 11.7. The first-order valence-electron chi connectivity index (χ1n) is 10.3. The smallest absolute Gasteiger partial charge is 0.308 e. The molecule has 0 radical (unpaired) electrons. The number of rotatable bonds is 10. The summed E-state index contributed by atoms with van der Waals surface area (Å²) in [7, 11) is 0.411. The van der Waals surface area contributed by atoms with Crippen molar-refractivity contribution < 1.29 is 19.1 Å². The van der Waals surface area contributed by atoms with Gasteiger partial charge in [0.05, 0.1) is 20.1 Å². The number of benzene rings is 2. The minimum atomic E-state index is -2.38. The molecule has 0 aliphatic heterocycles. The van der Waals surface area contributed by atoms with Gasteiger partial charge in [-0.25, -0.2) is 0 Å². The summed E-state index contributed by atoms with van der Waals surface area (Å²) in [4.78, 5) is 24.5. The van der Waals surface area contributed by atoms with Crippen LogP contribution >= 0.6 is 0 Å². The largest absolute Gasteiger partial charge is 0.469 e. The van der Waals surface area contributed by atoms with Gasteiger partial charge in [0.15, 0.2) is 0 Å². The van der Waals surface area contributed by atoms with E-state index in [-0.39, 0.29) is 24.3 Å². The molecular weight excluding hydrogens is 392 g/mol. The summed E-state index contributed by atoms with van der Waals surface area (Å²) < 4.78 is 9.95. The van der Waals surface area contributed by atoms with Gasteiger partial charge in [-0.1, -0.05) is 82.7 Å². The van der Waals surface area contributed by atoms with Crippen molar-refractivity contribution in [3.63, 3.8) is 0 Å². The third-order valence-corrected chi connectivity index (χ3v) is 11.0. The van der Waals surface area contributed by atoms with Crippen LogP contribution in [0, 0.1) is 5.92 Å². The van der Waals surface area contributed by atoms with Crippen molar-refractivity contribution in [3.05, 3.63) is 72.3 Å². The zero-order valence-corrected chi connectivity index (χ0v) is 19.4. The third-order valence-electron chi connectivity index (χ3n) is 5.78. The topological polar surface area (TPSA) is 52.6 Å². The van der Waals surface area contributed by atoms with Crippen molar-refractivity contribution in [2.24, 2.45) is 5.92 Å². The van der Waals surface area contributed by atoms with Gasteiger partial charge in [0.2, 0.25) is 0 Å². The average Bonchev–Trinajstić information content (AvgIpc) is 2.81. The van der Waals surface area contributed by atoms with E-state index in [1.54, 1.807) is 0 Å². The average molecular weight is 425 g/mol. The van der Waals surface area contributed by atoms with E-state index in [9.17, 15) is 9.59 Å². The van der Waals surface area contributed by atoms with Gasteiger partial charge in [-0.3, -0.25) is 9.59 Å². The molecule has 2 aromatic rings. The van der Waals surface area contributed by atoms with Crippen molar-refractivity contribution in [1.82, 2.24) is 0 Å². The Morgan fingerprint density at radius 1 is 0.933 bits per heavy atom. The van der Waals surface area contributed by atoms with E-state index in [0.717, 1.165) is 6.04 Å². The molecule has 0 aliphatic carbocycles. The molecule has 2 rings (SSSR count). The minimum absolute atomic E-state index is 0.201. The molecule has 0 fully saturated rings. The van der Waals surface area contributed by atoms with Crippen molar-refractivity contribution in [2.45, 2.75) is 38.8 Å². The molecule has 4 nitrogen and oxygen atoms in total. The molecule has 0 aromatic heterocycles. The molecule has 0 saturated carbocycles. The zero-order valence-electron chi connectivity index (χ0n) is 18.4. The predicted octanol–water partition coefficient (Wildman–Crippen LogP) is 3.96. The van der Waals surface area contributed by atoms with Crippen LogP contribution in [0.5, 0.6) is 0 Å². The van der Waals surface area contributed by atoms with Gasteiger partial charge in [-0.05, 0) is 32.4 Å². The van der Waals surface area contributed by atoms with Crippen LogP contribution < -0.4 is 10.4 Å². The fourth-order valence-electron chi connectivity index (χ4n) is 4.06. The molecule has 0 aliphatic rings. The number of carbonyl (C=O) groups excluding carboxylic acids is 2. The van der Waals surface area contributed by atoms with Crippen molar-refractivity contribution in [3.8, 4) is 0 Å². The van der Waals surface area contributed by atoms with E-state index in [2.05, 4.69) is 68.5 Å². The van der Waals surface area contributed by atoms with Crippen LogP contribution in [0.2, 0.25) is 12.1 Å². The standard InChI is InChI=1S/C25H32O4Si/c1-5-20(2)18-30(22-12-8-6-9-13-22,23-14-10-7-11-15-23)19-21(25(27)29-4)16-17-24(26)28-3/h5-15,21H,16-19H2,1-4H3/b20-5-. The first-order valence-corrected chi connectivity index (χ1v) is 12.8. The van der Waals surface area contributed by atoms with E-state index in [1.165, 1.54) is 30.2 Å². The van der Waals surface area contributed by atoms with Crippen LogP contribution in [0.1, 0.15) is 26.7 Å². The highest BCUT2D eigenvalue weighted by molar-refractivity contribution is 7.02. The monoisotopic (exact) mass is 424 g/mol. The lowest BCUT2D eigenvalue weighted by Crippen LogP contribution is -2.59. The Kier molecular flexibility index (Phi) is 9.06. The Balaban J connectivity index is 2.59. The Morgan fingerprint density at radius 3 is 1.90 bits per heavy atom. The minimum Gasteiger partial charge on any atom is -0.469 e. The van der Waals surface area contributed by atoms with E-state index in [4.69, 9.17) is 9.47 Å². The normalized spacial score (nSPS) is 12.9. The number of carbonyl (C=O) groups is 2. The van der Waals surface area contributed by atoms with E-state index in [1.807, 2.05) is 12.1 Å². The van der Waals surface area contributed by atoms with Gasteiger partial charge >= 0.3 is 11.9 Å². The highest BCUT2D eigenvalue weighted by Crippen LogP contribution is 2.29. The highest BCUT2D eigenvalue weighted by Gasteiger charge is 2.41. The number of methoxy groups -OCH3 is 2. The zero-order chi connectivity index (χ0) is 22.0. The summed E-state index contributed by atoms with van der Waals surface area (Å²) in [6.45, 7) is 4.20. The Hall–Kier alpha value is -2.66. The molecule has 0 spiro atoms. The summed E-state index contributed by atoms with van der Waals surface area (Å²) in [6.07, 6.45) is 2.77. The molecular formula is C25H32O4Si. The molecule has 0 amide bonds. The molecule has 0 N–H and O–H groups in total. The summed E-state index contributed by atoms with van der Waals surface area (Å²) in [5, 5.41) is 2.56. The lowest BCUT2D eigenvalue weighted by molar-refractivity contribution is -0.146. The van der Waals surface area contributed by atoms with Crippen LogP contribution in [-0.4, -0.2) is 34.2 Å². The van der Waals surface area contributed by atoms with Crippen molar-refractivity contribution in [2.75, 3.05) is 14.2 Å². The predicted molar refractivity (Wildman–Crippen MR) is 124 cm³/mol. The van der Waals surface area contributed by atoms with Gasteiger partial charge in [-0.2, -0.15) is 0 Å². The molecule has 2 aromatic carbocycles. The summed E-state index contributed by atoms with van der Waals surface area (Å²) in [6, 6.07) is 22.6. The summed E-state index contributed by atoms with van der Waals surface area (Å²) in [5.74, 6) is -0.938. The SMILES string of the molecule is C/C=C(/C)C[Si](CC(CCC(=O)OC)C(=O)OC)(c1ccccc1)c1ccccc1. The highest BCUT2D eigenvalue weighted by atomic mass is 28.3. The number of hydrogen-bond acceptors (Lipinski definition) is 4. The first kappa shape index (κ1) is 23.6. The molecule has 0 heterocycles. The van der Waals surface area contributed by atoms with Crippen LogP contribution in [0.25, 0.3) is 0 Å². The summed E-state index contributed by atoms with van der Waals surface area (Å²) >= 11 is 0. The maximum atomic E-state index is 12.7. The maximum Gasteiger partial charge on any atom is 0.308 e. The van der Waals surface area contributed by atoms with E-state index < -0.39 is 8.07 Å². The molecule has 30 heavy (non-hydrogen) atoms. The fourth-order valence-corrected chi connectivity index (χ4v) is 9.44. The number of esters is 2. The molecule has 160 valence electrons. The van der Waals surface area contributed by atoms with Crippen molar-refractivity contribution in [1.29, 1.82) is 0 Å². The van der Waals surface area contributed by atoms with Gasteiger partial charge < -0.3 is 9.47 Å². The third kappa shape index (κ3) is 5.92. The Bertz CT molecular complexity index is 806. The summed E-state index contributed by atoms with van der Waals surface area (Å²) in [5.41, 5.74) is 1.30. The van der Waals surface area contributed by atoms with E-state index >= 15 is 0 Å². The van der Waals surface area contributed by atoms with Crippen LogP contribution in [-0.2, 0) is 19.1 Å². The van der Waals surface area contributed by atoms with Crippen molar-refractivity contribution >= 4 is 30.4 Å². The first-order chi connectivity index (χ1) is 14.5. The number of ether oxygens (including phenoxy) is 2. The number of allylic oxidation sites excluding steroid dienone is 2. The van der Waals surface area contributed by atoms with Crippen LogP contribution in [0.3, 0.4) is 0 Å².